The Hall–Kier alpha value is -1.10. The molecule has 0 aliphatic heterocycles. The highest BCUT2D eigenvalue weighted by atomic mass is 79.9. The van der Waals surface area contributed by atoms with Crippen LogP contribution < -0.4 is 11.1 Å². The molecule has 0 spiro atoms. The number of nitrogen functional groups attached to an aromatic ring is 1. The summed E-state index contributed by atoms with van der Waals surface area (Å²) in [4.78, 5) is 15.9. The summed E-state index contributed by atoms with van der Waals surface area (Å²) in [6.07, 6.45) is 5.22. The van der Waals surface area contributed by atoms with E-state index in [0.29, 0.717) is 5.56 Å². The molecule has 0 bridgehead atoms. The smallest absolute Gasteiger partial charge is 0.255 e. The fraction of sp³-hybridized carbons (Fsp3) is 0.500. The maximum absolute atomic E-state index is 12.0. The fourth-order valence-electron chi connectivity index (χ4n) is 1.85. The summed E-state index contributed by atoms with van der Waals surface area (Å²) in [5.41, 5.74) is 6.12. The van der Waals surface area contributed by atoms with E-state index in [2.05, 4.69) is 26.2 Å². The minimum atomic E-state index is -0.149. The summed E-state index contributed by atoms with van der Waals surface area (Å²) in [7, 11) is 0. The molecule has 3 N–H and O–H groups in total. The molecule has 1 heterocycles. The van der Waals surface area contributed by atoms with E-state index < -0.39 is 0 Å². The minimum Gasteiger partial charge on any atom is -0.383 e. The third kappa shape index (κ3) is 3.43. The second-order valence-electron chi connectivity index (χ2n) is 4.64. The van der Waals surface area contributed by atoms with Crippen molar-refractivity contribution in [3.63, 3.8) is 0 Å². The second kappa shape index (κ2) is 5.04. The molecule has 1 aliphatic carbocycles. The Morgan fingerprint density at radius 1 is 1.71 bits per heavy atom. The normalized spacial score (nSPS) is 16.6. The zero-order valence-corrected chi connectivity index (χ0v) is 11.3. The van der Waals surface area contributed by atoms with Crippen LogP contribution in [-0.2, 0) is 0 Å². The van der Waals surface area contributed by atoms with Crippen molar-refractivity contribution < 1.29 is 4.79 Å². The first kappa shape index (κ1) is 12.4. The number of hydrogen-bond donors (Lipinski definition) is 2. The maximum Gasteiger partial charge on any atom is 0.255 e. The molecule has 1 saturated carbocycles. The molecule has 1 atom stereocenters. The number of nitrogens with two attached hydrogens (primary N) is 1. The molecule has 5 heteroatoms. The lowest BCUT2D eigenvalue weighted by atomic mass is 10.1. The van der Waals surface area contributed by atoms with Gasteiger partial charge in [-0.1, -0.05) is 12.8 Å². The summed E-state index contributed by atoms with van der Waals surface area (Å²) in [6, 6.07) is 1.88. The van der Waals surface area contributed by atoms with Gasteiger partial charge in [0.1, 0.15) is 5.82 Å². The van der Waals surface area contributed by atoms with Crippen LogP contribution in [0.5, 0.6) is 0 Å². The molecule has 0 radical (unpaired) electrons. The SMILES string of the molecule is CC(CC1CC1)NC(=O)c1cc(Br)cnc1N. The van der Waals surface area contributed by atoms with E-state index in [1.54, 1.807) is 12.3 Å². The van der Waals surface area contributed by atoms with E-state index in [-0.39, 0.29) is 17.8 Å². The maximum atomic E-state index is 12.0. The molecule has 92 valence electrons. The Morgan fingerprint density at radius 2 is 2.41 bits per heavy atom. The van der Waals surface area contributed by atoms with E-state index in [1.807, 2.05) is 6.92 Å². The molecule has 1 fully saturated rings. The van der Waals surface area contributed by atoms with Gasteiger partial charge in [0, 0.05) is 16.7 Å². The van der Waals surface area contributed by atoms with Crippen molar-refractivity contribution in [1.29, 1.82) is 0 Å². The Labute approximate surface area is 109 Å². The lowest BCUT2D eigenvalue weighted by Gasteiger charge is -2.14. The third-order valence-electron chi connectivity index (χ3n) is 2.89. The molecule has 2 rings (SSSR count). The largest absolute Gasteiger partial charge is 0.383 e. The van der Waals surface area contributed by atoms with Crippen molar-refractivity contribution >= 4 is 27.7 Å². The Kier molecular flexibility index (Phi) is 3.66. The summed E-state index contributed by atoms with van der Waals surface area (Å²) >= 11 is 3.28. The summed E-state index contributed by atoms with van der Waals surface area (Å²) in [5, 5.41) is 2.96. The molecular weight excluding hydrogens is 282 g/mol. The molecule has 4 nitrogen and oxygen atoms in total. The average Bonchev–Trinajstić information content (AvgIpc) is 3.05. The Morgan fingerprint density at radius 3 is 3.06 bits per heavy atom. The number of amides is 1. The quantitative estimate of drug-likeness (QED) is 0.896. The molecule has 1 aromatic rings. The first-order valence-corrected chi connectivity index (χ1v) is 6.57. The van der Waals surface area contributed by atoms with Crippen molar-refractivity contribution in [1.82, 2.24) is 10.3 Å². The van der Waals surface area contributed by atoms with Gasteiger partial charge >= 0.3 is 0 Å². The minimum absolute atomic E-state index is 0.149. The number of anilines is 1. The molecule has 1 aliphatic rings. The molecule has 0 aromatic carbocycles. The fourth-order valence-corrected chi connectivity index (χ4v) is 2.18. The summed E-state index contributed by atoms with van der Waals surface area (Å²) < 4.78 is 0.756. The van der Waals surface area contributed by atoms with E-state index in [0.717, 1.165) is 16.8 Å². The first-order chi connectivity index (χ1) is 8.06. The van der Waals surface area contributed by atoms with Crippen LogP contribution in [0.4, 0.5) is 5.82 Å². The van der Waals surface area contributed by atoms with E-state index in [9.17, 15) is 4.79 Å². The van der Waals surface area contributed by atoms with E-state index >= 15 is 0 Å². The van der Waals surface area contributed by atoms with Crippen molar-refractivity contribution in [3.05, 3.63) is 22.3 Å². The van der Waals surface area contributed by atoms with Gasteiger partial charge in [-0.25, -0.2) is 4.98 Å². The number of aromatic nitrogens is 1. The average molecular weight is 298 g/mol. The number of carbonyl (C=O) groups excluding carboxylic acids is 1. The van der Waals surface area contributed by atoms with Crippen LogP contribution in [0.1, 0.15) is 36.5 Å². The van der Waals surface area contributed by atoms with E-state index in [1.165, 1.54) is 12.8 Å². The lowest BCUT2D eigenvalue weighted by molar-refractivity contribution is 0.0938. The molecule has 1 unspecified atom stereocenters. The number of halogens is 1. The second-order valence-corrected chi connectivity index (χ2v) is 5.56. The number of rotatable bonds is 4. The van der Waals surface area contributed by atoms with Crippen molar-refractivity contribution in [3.8, 4) is 0 Å². The highest BCUT2D eigenvalue weighted by molar-refractivity contribution is 9.10. The summed E-state index contributed by atoms with van der Waals surface area (Å²) in [6.45, 7) is 2.03. The monoisotopic (exact) mass is 297 g/mol. The number of carbonyl (C=O) groups is 1. The van der Waals surface area contributed by atoms with Gasteiger partial charge < -0.3 is 11.1 Å². The zero-order chi connectivity index (χ0) is 12.4. The number of hydrogen-bond acceptors (Lipinski definition) is 3. The number of nitrogens with one attached hydrogen (secondary N) is 1. The van der Waals surface area contributed by atoms with Gasteiger partial charge in [0.25, 0.3) is 5.91 Å². The van der Waals surface area contributed by atoms with Crippen LogP contribution in [0.15, 0.2) is 16.7 Å². The van der Waals surface area contributed by atoms with Gasteiger partial charge in [-0.15, -0.1) is 0 Å². The highest BCUT2D eigenvalue weighted by Crippen LogP contribution is 2.33. The van der Waals surface area contributed by atoms with Crippen LogP contribution in [-0.4, -0.2) is 16.9 Å². The molecule has 17 heavy (non-hydrogen) atoms. The molecule has 0 saturated heterocycles. The van der Waals surface area contributed by atoms with Gasteiger partial charge in [-0.05, 0) is 41.3 Å². The molecule has 1 aromatic heterocycles. The Bertz CT molecular complexity index is 432. The standard InChI is InChI=1S/C12H16BrN3O/c1-7(4-8-2-3-8)16-12(17)10-5-9(13)6-15-11(10)14/h5-8H,2-4H2,1H3,(H2,14,15)(H,16,17). The van der Waals surface area contributed by atoms with Crippen LogP contribution in [0.25, 0.3) is 0 Å². The predicted octanol–water partition coefficient (Wildman–Crippen LogP) is 2.34. The van der Waals surface area contributed by atoms with Crippen molar-refractivity contribution in [2.45, 2.75) is 32.2 Å². The van der Waals surface area contributed by atoms with Crippen LogP contribution >= 0.6 is 15.9 Å². The van der Waals surface area contributed by atoms with Crippen molar-refractivity contribution in [2.75, 3.05) is 5.73 Å². The first-order valence-electron chi connectivity index (χ1n) is 5.78. The van der Waals surface area contributed by atoms with Gasteiger partial charge in [0.15, 0.2) is 0 Å². The molecule has 1 amide bonds. The topological polar surface area (TPSA) is 68.0 Å². The number of nitrogens with zero attached hydrogens (tertiary/aromatic N) is 1. The lowest BCUT2D eigenvalue weighted by Crippen LogP contribution is -2.33. The van der Waals surface area contributed by atoms with Gasteiger partial charge in [-0.3, -0.25) is 4.79 Å². The van der Waals surface area contributed by atoms with Gasteiger partial charge in [-0.2, -0.15) is 0 Å². The van der Waals surface area contributed by atoms with Gasteiger partial charge in [0.05, 0.1) is 5.56 Å². The predicted molar refractivity (Wildman–Crippen MR) is 70.6 cm³/mol. The van der Waals surface area contributed by atoms with Gasteiger partial charge in [0.2, 0.25) is 0 Å². The highest BCUT2D eigenvalue weighted by Gasteiger charge is 2.24. The van der Waals surface area contributed by atoms with Crippen LogP contribution in [0, 0.1) is 5.92 Å². The Balaban J connectivity index is 2.00. The third-order valence-corrected chi connectivity index (χ3v) is 3.32. The summed E-state index contributed by atoms with van der Waals surface area (Å²) in [5.74, 6) is 0.914. The van der Waals surface area contributed by atoms with Crippen molar-refractivity contribution in [2.24, 2.45) is 5.92 Å². The van der Waals surface area contributed by atoms with Crippen LogP contribution in [0.3, 0.4) is 0 Å². The zero-order valence-electron chi connectivity index (χ0n) is 9.74. The van der Waals surface area contributed by atoms with Crippen LogP contribution in [0.2, 0.25) is 0 Å². The van der Waals surface area contributed by atoms with E-state index in [4.69, 9.17) is 5.73 Å². The molecular formula is C12H16BrN3O. The number of pyridine rings is 1.